The summed E-state index contributed by atoms with van der Waals surface area (Å²) < 4.78 is 0. The van der Waals surface area contributed by atoms with Gasteiger partial charge >= 0.3 is 0 Å². The number of benzene rings is 1. The summed E-state index contributed by atoms with van der Waals surface area (Å²) in [5, 5.41) is 0. The zero-order valence-electron chi connectivity index (χ0n) is 9.30. The highest BCUT2D eigenvalue weighted by Gasteiger charge is 1.97. The Morgan fingerprint density at radius 3 is 2.29 bits per heavy atom. The summed E-state index contributed by atoms with van der Waals surface area (Å²) in [6.45, 7) is 7.13. The van der Waals surface area contributed by atoms with E-state index < -0.39 is 0 Å². The molecule has 1 nitrogen and oxygen atoms in total. The highest BCUT2D eigenvalue weighted by atomic mass is 14.5. The van der Waals surface area contributed by atoms with Gasteiger partial charge in [-0.2, -0.15) is 0 Å². The van der Waals surface area contributed by atoms with Gasteiger partial charge in [0.05, 0.1) is 0 Å². The maximum Gasteiger partial charge on any atom is -0.00424 e. The molecular weight excluding hydrogens is 170 g/mol. The standard InChI is InChI=1S/C13H19N/c1-10-7-11(2)9-13(8-10)12(3)5-4-6-14/h5,7-9H,4,6,14H2,1-3H3/b12-5+. The van der Waals surface area contributed by atoms with Crippen LogP contribution in [0.4, 0.5) is 0 Å². The highest BCUT2D eigenvalue weighted by molar-refractivity contribution is 5.64. The van der Waals surface area contributed by atoms with Crippen molar-refractivity contribution in [3.05, 3.63) is 41.0 Å². The smallest absolute Gasteiger partial charge is 0.00424 e. The number of nitrogens with two attached hydrogens (primary N) is 1. The minimum Gasteiger partial charge on any atom is -0.330 e. The Morgan fingerprint density at radius 1 is 1.21 bits per heavy atom. The molecule has 1 rings (SSSR count). The van der Waals surface area contributed by atoms with Crippen LogP contribution in [0.2, 0.25) is 0 Å². The van der Waals surface area contributed by atoms with Crippen LogP contribution >= 0.6 is 0 Å². The molecule has 0 spiro atoms. The molecule has 0 bridgehead atoms. The summed E-state index contributed by atoms with van der Waals surface area (Å²) in [7, 11) is 0. The lowest BCUT2D eigenvalue weighted by molar-refractivity contribution is 1.01. The van der Waals surface area contributed by atoms with Crippen LogP contribution < -0.4 is 5.73 Å². The fourth-order valence-corrected chi connectivity index (χ4v) is 1.62. The lowest BCUT2D eigenvalue weighted by Crippen LogP contribution is -1.96. The van der Waals surface area contributed by atoms with Gasteiger partial charge in [0, 0.05) is 0 Å². The summed E-state index contributed by atoms with van der Waals surface area (Å²) in [5.74, 6) is 0. The first-order valence-corrected chi connectivity index (χ1v) is 5.09. The Hall–Kier alpha value is -1.08. The second kappa shape index (κ2) is 4.97. The van der Waals surface area contributed by atoms with E-state index in [1.54, 1.807) is 0 Å². The van der Waals surface area contributed by atoms with Crippen LogP contribution in [0.3, 0.4) is 0 Å². The average Bonchev–Trinajstić information content (AvgIpc) is 2.12. The molecule has 0 saturated carbocycles. The third-order valence-corrected chi connectivity index (χ3v) is 2.29. The van der Waals surface area contributed by atoms with Crippen molar-refractivity contribution in [1.29, 1.82) is 0 Å². The third-order valence-electron chi connectivity index (χ3n) is 2.29. The van der Waals surface area contributed by atoms with Crippen LogP contribution in [0.25, 0.3) is 5.57 Å². The fraction of sp³-hybridized carbons (Fsp3) is 0.385. The van der Waals surface area contributed by atoms with E-state index in [1.165, 1.54) is 22.3 Å². The van der Waals surface area contributed by atoms with Crippen LogP contribution in [0.15, 0.2) is 24.3 Å². The first-order chi connectivity index (χ1) is 6.63. The van der Waals surface area contributed by atoms with Gasteiger partial charge in [0.25, 0.3) is 0 Å². The molecule has 0 radical (unpaired) electrons. The van der Waals surface area contributed by atoms with E-state index in [0.717, 1.165) is 13.0 Å². The molecule has 0 fully saturated rings. The van der Waals surface area contributed by atoms with Gasteiger partial charge in [-0.15, -0.1) is 0 Å². The predicted octanol–water partition coefficient (Wildman–Crippen LogP) is 3.06. The molecule has 0 saturated heterocycles. The van der Waals surface area contributed by atoms with Gasteiger partial charge in [0.1, 0.15) is 0 Å². The molecule has 0 unspecified atom stereocenters. The molecule has 0 aromatic heterocycles. The Bertz CT molecular complexity index is 317. The molecule has 0 atom stereocenters. The average molecular weight is 189 g/mol. The van der Waals surface area contributed by atoms with Crippen LogP contribution in [0.5, 0.6) is 0 Å². The van der Waals surface area contributed by atoms with E-state index in [2.05, 4.69) is 45.0 Å². The third kappa shape index (κ3) is 3.00. The number of allylic oxidation sites excluding steroid dienone is 1. The molecule has 0 aliphatic heterocycles. The van der Waals surface area contributed by atoms with E-state index in [4.69, 9.17) is 5.73 Å². The molecule has 0 heterocycles. The molecule has 14 heavy (non-hydrogen) atoms. The van der Waals surface area contributed by atoms with Crippen LogP contribution in [0.1, 0.15) is 30.0 Å². The molecule has 2 N–H and O–H groups in total. The maximum atomic E-state index is 5.47. The Balaban J connectivity index is 2.95. The highest BCUT2D eigenvalue weighted by Crippen LogP contribution is 2.17. The second-order valence-electron chi connectivity index (χ2n) is 3.84. The second-order valence-corrected chi connectivity index (χ2v) is 3.84. The normalized spacial score (nSPS) is 11.9. The zero-order chi connectivity index (χ0) is 10.6. The zero-order valence-corrected chi connectivity index (χ0v) is 9.30. The monoisotopic (exact) mass is 189 g/mol. The van der Waals surface area contributed by atoms with Crippen molar-refractivity contribution in [3.8, 4) is 0 Å². The fourth-order valence-electron chi connectivity index (χ4n) is 1.62. The first kappa shape index (κ1) is 11.0. The predicted molar refractivity (Wildman–Crippen MR) is 63.2 cm³/mol. The van der Waals surface area contributed by atoms with Crippen molar-refractivity contribution in [2.45, 2.75) is 27.2 Å². The van der Waals surface area contributed by atoms with Gasteiger partial charge < -0.3 is 5.73 Å². The van der Waals surface area contributed by atoms with Gasteiger partial charge in [0.2, 0.25) is 0 Å². The van der Waals surface area contributed by atoms with Crippen molar-refractivity contribution in [2.75, 3.05) is 6.54 Å². The van der Waals surface area contributed by atoms with Crippen LogP contribution in [-0.4, -0.2) is 6.54 Å². The van der Waals surface area contributed by atoms with Gasteiger partial charge in [0.15, 0.2) is 0 Å². The molecule has 0 aliphatic carbocycles. The Morgan fingerprint density at radius 2 is 1.79 bits per heavy atom. The molecule has 0 amide bonds. The van der Waals surface area contributed by atoms with Crippen molar-refractivity contribution in [3.63, 3.8) is 0 Å². The van der Waals surface area contributed by atoms with Gasteiger partial charge in [-0.3, -0.25) is 0 Å². The van der Waals surface area contributed by atoms with Crippen molar-refractivity contribution < 1.29 is 0 Å². The molecule has 1 aromatic rings. The minimum absolute atomic E-state index is 0.724. The van der Waals surface area contributed by atoms with E-state index in [1.807, 2.05) is 0 Å². The van der Waals surface area contributed by atoms with Crippen molar-refractivity contribution in [1.82, 2.24) is 0 Å². The SMILES string of the molecule is C/C(=C\CCN)c1cc(C)cc(C)c1. The van der Waals surface area contributed by atoms with E-state index in [0.29, 0.717) is 0 Å². The number of rotatable bonds is 3. The summed E-state index contributed by atoms with van der Waals surface area (Å²) >= 11 is 0. The molecule has 1 aromatic carbocycles. The lowest BCUT2D eigenvalue weighted by Gasteiger charge is -2.05. The van der Waals surface area contributed by atoms with Crippen molar-refractivity contribution in [2.24, 2.45) is 5.73 Å². The molecule has 76 valence electrons. The molecular formula is C13H19N. The number of hydrogen-bond acceptors (Lipinski definition) is 1. The van der Waals surface area contributed by atoms with Gasteiger partial charge in [-0.1, -0.05) is 35.4 Å². The lowest BCUT2D eigenvalue weighted by atomic mass is 10.0. The van der Waals surface area contributed by atoms with E-state index >= 15 is 0 Å². The van der Waals surface area contributed by atoms with E-state index in [-0.39, 0.29) is 0 Å². The van der Waals surface area contributed by atoms with Crippen molar-refractivity contribution >= 4 is 5.57 Å². The minimum atomic E-state index is 0.724. The number of aryl methyl sites for hydroxylation is 2. The summed E-state index contributed by atoms with van der Waals surface area (Å²) in [6.07, 6.45) is 3.16. The van der Waals surface area contributed by atoms with E-state index in [9.17, 15) is 0 Å². The quantitative estimate of drug-likeness (QED) is 0.777. The summed E-state index contributed by atoms with van der Waals surface area (Å²) in [4.78, 5) is 0. The van der Waals surface area contributed by atoms with Crippen LogP contribution in [0, 0.1) is 13.8 Å². The summed E-state index contributed by atoms with van der Waals surface area (Å²) in [5.41, 5.74) is 10.7. The molecule has 1 heteroatoms. The molecule has 0 aliphatic rings. The van der Waals surface area contributed by atoms with Crippen LogP contribution in [-0.2, 0) is 0 Å². The first-order valence-electron chi connectivity index (χ1n) is 5.09. The summed E-state index contributed by atoms with van der Waals surface area (Å²) in [6, 6.07) is 6.63. The van der Waals surface area contributed by atoms with Gasteiger partial charge in [-0.25, -0.2) is 0 Å². The largest absolute Gasteiger partial charge is 0.330 e. The topological polar surface area (TPSA) is 26.0 Å². The number of hydrogen-bond donors (Lipinski definition) is 1. The Labute approximate surface area is 86.6 Å². The maximum absolute atomic E-state index is 5.47. The van der Waals surface area contributed by atoms with Gasteiger partial charge in [-0.05, 0) is 44.9 Å². The Kier molecular flexibility index (Phi) is 3.90.